The van der Waals surface area contributed by atoms with Crippen LogP contribution >= 0.6 is 0 Å². The predicted octanol–water partition coefficient (Wildman–Crippen LogP) is 3.32. The van der Waals surface area contributed by atoms with Crippen molar-refractivity contribution in [1.29, 1.82) is 0 Å². The molecule has 1 aliphatic carbocycles. The van der Waals surface area contributed by atoms with E-state index in [1.165, 1.54) is 5.56 Å². The van der Waals surface area contributed by atoms with E-state index in [9.17, 15) is 4.79 Å². The van der Waals surface area contributed by atoms with Gasteiger partial charge in [-0.3, -0.25) is 4.79 Å². The summed E-state index contributed by atoms with van der Waals surface area (Å²) in [5, 5.41) is 2.98. The van der Waals surface area contributed by atoms with Crippen LogP contribution in [0.1, 0.15) is 30.9 Å². The largest absolute Gasteiger partial charge is 0.481 e. The highest BCUT2D eigenvalue weighted by Gasteiger charge is 2.26. The van der Waals surface area contributed by atoms with Gasteiger partial charge in [0.1, 0.15) is 5.75 Å². The third-order valence-electron chi connectivity index (χ3n) is 3.81. The van der Waals surface area contributed by atoms with Crippen molar-refractivity contribution in [2.75, 3.05) is 0 Å². The van der Waals surface area contributed by atoms with Gasteiger partial charge in [0, 0.05) is 12.5 Å². The molecule has 1 N–H and O–H groups in total. The van der Waals surface area contributed by atoms with E-state index in [0.717, 1.165) is 30.6 Å². The minimum Gasteiger partial charge on any atom is -0.481 e. The summed E-state index contributed by atoms with van der Waals surface area (Å²) < 4.78 is 5.90. The van der Waals surface area contributed by atoms with Gasteiger partial charge in [0.25, 0.3) is 5.91 Å². The van der Waals surface area contributed by atoms with Crippen molar-refractivity contribution in [2.45, 2.75) is 38.3 Å². The summed E-state index contributed by atoms with van der Waals surface area (Å²) in [5.41, 5.74) is 2.33. The molecule has 1 saturated carbocycles. The lowest BCUT2D eigenvalue weighted by molar-refractivity contribution is -0.127. The lowest BCUT2D eigenvalue weighted by atomic mass is 10.0. The molecule has 114 valence electrons. The smallest absolute Gasteiger partial charge is 0.260 e. The van der Waals surface area contributed by atoms with Crippen molar-refractivity contribution >= 4 is 5.91 Å². The first kappa shape index (κ1) is 14.6. The zero-order valence-corrected chi connectivity index (χ0v) is 12.8. The van der Waals surface area contributed by atoms with Crippen LogP contribution in [0.5, 0.6) is 5.75 Å². The molecule has 1 amide bonds. The Balaban J connectivity index is 1.69. The Bertz CT molecular complexity index is 635. The second kappa shape index (κ2) is 6.65. The van der Waals surface area contributed by atoms with Crippen LogP contribution in [0, 0.1) is 0 Å². The predicted molar refractivity (Wildman–Crippen MR) is 86.9 cm³/mol. The van der Waals surface area contributed by atoms with Gasteiger partial charge in [0.15, 0.2) is 6.10 Å². The fraction of sp³-hybridized carbons (Fsp3) is 0.316. The lowest BCUT2D eigenvalue weighted by Gasteiger charge is -2.17. The van der Waals surface area contributed by atoms with E-state index >= 15 is 0 Å². The summed E-state index contributed by atoms with van der Waals surface area (Å²) in [6, 6.07) is 18.5. The Morgan fingerprint density at radius 1 is 1.14 bits per heavy atom. The first-order valence-electron chi connectivity index (χ1n) is 7.81. The number of carbonyl (C=O) groups excluding carboxylic acids is 1. The van der Waals surface area contributed by atoms with Crippen molar-refractivity contribution in [2.24, 2.45) is 0 Å². The Hall–Kier alpha value is -2.29. The maximum atomic E-state index is 12.0. The number of amides is 1. The fourth-order valence-electron chi connectivity index (χ4n) is 2.37. The van der Waals surface area contributed by atoms with Crippen LogP contribution in [0.4, 0.5) is 0 Å². The summed E-state index contributed by atoms with van der Waals surface area (Å²) in [7, 11) is 0. The Kier molecular flexibility index (Phi) is 4.42. The van der Waals surface area contributed by atoms with Crippen molar-refractivity contribution < 1.29 is 9.53 Å². The monoisotopic (exact) mass is 295 g/mol. The number of ether oxygens (including phenoxy) is 1. The van der Waals surface area contributed by atoms with Crippen LogP contribution in [-0.2, 0) is 11.2 Å². The Morgan fingerprint density at radius 3 is 2.55 bits per heavy atom. The van der Waals surface area contributed by atoms with E-state index in [1.54, 1.807) is 6.92 Å². The van der Waals surface area contributed by atoms with E-state index in [1.807, 2.05) is 42.5 Å². The number of hydrogen-bond acceptors (Lipinski definition) is 2. The van der Waals surface area contributed by atoms with Crippen LogP contribution < -0.4 is 10.1 Å². The number of para-hydroxylation sites is 1. The number of benzene rings is 2. The molecule has 0 spiro atoms. The van der Waals surface area contributed by atoms with E-state index in [4.69, 9.17) is 4.74 Å². The summed E-state index contributed by atoms with van der Waals surface area (Å²) >= 11 is 0. The van der Waals surface area contributed by atoms with Gasteiger partial charge in [-0.2, -0.15) is 0 Å². The van der Waals surface area contributed by atoms with Gasteiger partial charge in [-0.15, -0.1) is 0 Å². The van der Waals surface area contributed by atoms with E-state index in [2.05, 4.69) is 17.4 Å². The lowest BCUT2D eigenvalue weighted by Crippen LogP contribution is -2.37. The molecule has 3 nitrogen and oxygen atoms in total. The summed E-state index contributed by atoms with van der Waals surface area (Å²) in [5.74, 6) is 0.752. The van der Waals surface area contributed by atoms with Gasteiger partial charge in [-0.1, -0.05) is 48.5 Å². The Labute approximate surface area is 131 Å². The van der Waals surface area contributed by atoms with Crippen LogP contribution in [0.3, 0.4) is 0 Å². The van der Waals surface area contributed by atoms with E-state index in [-0.39, 0.29) is 5.91 Å². The van der Waals surface area contributed by atoms with Crippen molar-refractivity contribution in [3.63, 3.8) is 0 Å². The first-order chi connectivity index (χ1) is 10.7. The topological polar surface area (TPSA) is 38.3 Å². The third-order valence-corrected chi connectivity index (χ3v) is 3.81. The highest BCUT2D eigenvalue weighted by Crippen LogP contribution is 2.23. The van der Waals surface area contributed by atoms with Crippen LogP contribution in [0.25, 0.3) is 0 Å². The summed E-state index contributed by atoms with van der Waals surface area (Å²) in [4.78, 5) is 12.0. The molecule has 0 heterocycles. The summed E-state index contributed by atoms with van der Waals surface area (Å²) in [6.07, 6.45) is 2.50. The quantitative estimate of drug-likeness (QED) is 0.888. The standard InChI is InChI=1S/C19H21NO2/c1-14(19(21)20-17-11-12-17)22-18-10-6-5-9-16(18)13-15-7-3-2-4-8-15/h2-10,14,17H,11-13H2,1H3,(H,20,21)/t14-/m0/s1. The molecule has 2 aromatic rings. The highest BCUT2D eigenvalue weighted by molar-refractivity contribution is 5.81. The average molecular weight is 295 g/mol. The van der Waals surface area contributed by atoms with Gasteiger partial charge in [0.2, 0.25) is 0 Å². The second-order valence-electron chi connectivity index (χ2n) is 5.81. The maximum absolute atomic E-state index is 12.0. The first-order valence-corrected chi connectivity index (χ1v) is 7.81. The van der Waals surface area contributed by atoms with Crippen molar-refractivity contribution in [3.8, 4) is 5.75 Å². The number of hydrogen-bond donors (Lipinski definition) is 1. The molecule has 1 fully saturated rings. The van der Waals surface area contributed by atoms with E-state index in [0.29, 0.717) is 6.04 Å². The number of carbonyl (C=O) groups is 1. The van der Waals surface area contributed by atoms with E-state index < -0.39 is 6.10 Å². The minimum atomic E-state index is -0.475. The van der Waals surface area contributed by atoms with Gasteiger partial charge < -0.3 is 10.1 Å². The highest BCUT2D eigenvalue weighted by atomic mass is 16.5. The molecular formula is C19H21NO2. The molecular weight excluding hydrogens is 274 g/mol. The summed E-state index contributed by atoms with van der Waals surface area (Å²) in [6.45, 7) is 1.80. The zero-order chi connectivity index (χ0) is 15.4. The third kappa shape index (κ3) is 3.88. The molecule has 1 atom stereocenters. The second-order valence-corrected chi connectivity index (χ2v) is 5.81. The maximum Gasteiger partial charge on any atom is 0.260 e. The van der Waals surface area contributed by atoms with Crippen LogP contribution in [-0.4, -0.2) is 18.1 Å². The van der Waals surface area contributed by atoms with Gasteiger partial charge in [-0.25, -0.2) is 0 Å². The van der Waals surface area contributed by atoms with Crippen LogP contribution in [0.2, 0.25) is 0 Å². The van der Waals surface area contributed by atoms with Gasteiger partial charge >= 0.3 is 0 Å². The van der Waals surface area contributed by atoms with Gasteiger partial charge in [0.05, 0.1) is 0 Å². The zero-order valence-electron chi connectivity index (χ0n) is 12.8. The molecule has 0 saturated heterocycles. The molecule has 0 radical (unpaired) electrons. The minimum absolute atomic E-state index is 0.0305. The Morgan fingerprint density at radius 2 is 1.82 bits per heavy atom. The van der Waals surface area contributed by atoms with Gasteiger partial charge in [-0.05, 0) is 37.0 Å². The molecule has 0 aromatic heterocycles. The van der Waals surface area contributed by atoms with Crippen molar-refractivity contribution in [3.05, 3.63) is 65.7 Å². The average Bonchev–Trinajstić information content (AvgIpc) is 3.34. The number of rotatable bonds is 6. The fourth-order valence-corrected chi connectivity index (χ4v) is 2.37. The molecule has 2 aromatic carbocycles. The number of nitrogens with one attached hydrogen (secondary N) is 1. The normalized spacial score (nSPS) is 15.1. The molecule has 3 rings (SSSR count). The molecule has 22 heavy (non-hydrogen) atoms. The molecule has 0 bridgehead atoms. The molecule has 3 heteroatoms. The molecule has 0 aliphatic heterocycles. The van der Waals surface area contributed by atoms with Crippen LogP contribution in [0.15, 0.2) is 54.6 Å². The molecule has 1 aliphatic rings. The SMILES string of the molecule is C[C@H](Oc1ccccc1Cc1ccccc1)C(=O)NC1CC1. The molecule has 0 unspecified atom stereocenters. The van der Waals surface area contributed by atoms with Crippen molar-refractivity contribution in [1.82, 2.24) is 5.32 Å².